The molecule has 0 saturated carbocycles. The van der Waals surface area contributed by atoms with Crippen molar-refractivity contribution >= 4 is 18.1 Å². The first-order valence-corrected chi connectivity index (χ1v) is 7.77. The zero-order valence-electron chi connectivity index (χ0n) is 14.3. The van der Waals surface area contributed by atoms with Crippen LogP contribution >= 0.6 is 12.4 Å². The van der Waals surface area contributed by atoms with Crippen LogP contribution in [0.5, 0.6) is 11.5 Å². The van der Waals surface area contributed by atoms with Gasteiger partial charge in [0.2, 0.25) is 5.82 Å². The van der Waals surface area contributed by atoms with E-state index in [0.29, 0.717) is 11.1 Å². The van der Waals surface area contributed by atoms with E-state index in [1.807, 2.05) is 6.07 Å². The first-order valence-electron chi connectivity index (χ1n) is 7.77. The maximum absolute atomic E-state index is 14.7. The fourth-order valence-electron chi connectivity index (χ4n) is 2.58. The second kappa shape index (κ2) is 8.22. The van der Waals surface area contributed by atoms with E-state index in [1.165, 1.54) is 25.3 Å². The lowest BCUT2D eigenvalue weighted by Crippen LogP contribution is -2.22. The van der Waals surface area contributed by atoms with Crippen molar-refractivity contribution in [1.29, 1.82) is 0 Å². The molecule has 0 saturated heterocycles. The maximum Gasteiger partial charge on any atom is 0.426 e. The average molecular weight is 396 g/mol. The molecule has 0 amide bonds. The standard InChI is InChI=1S/C20H16F3NO2.ClH/c1-25-19-16(13-6-3-2-4-7-13)10-11-17(18(19)21)26-20(22,23)14-8-5-9-15(24)12-14;/h2-12H,24H2,1H3;1H. The second-order valence-electron chi connectivity index (χ2n) is 5.57. The minimum Gasteiger partial charge on any atom is -0.493 e. The molecule has 142 valence electrons. The SMILES string of the molecule is COc1c(-c2ccccc2)ccc(OC(F)(F)c2cccc(N)c2)c1F.Cl. The molecule has 3 nitrogen and oxygen atoms in total. The van der Waals surface area contributed by atoms with Gasteiger partial charge in [-0.3, -0.25) is 0 Å². The lowest BCUT2D eigenvalue weighted by Gasteiger charge is -2.20. The molecule has 0 aliphatic heterocycles. The molecule has 0 heterocycles. The molecule has 0 atom stereocenters. The van der Waals surface area contributed by atoms with Crippen LogP contribution in [0, 0.1) is 5.82 Å². The van der Waals surface area contributed by atoms with Gasteiger partial charge in [-0.1, -0.05) is 36.4 Å². The van der Waals surface area contributed by atoms with Crippen LogP contribution in [-0.4, -0.2) is 7.11 Å². The third-order valence-corrected chi connectivity index (χ3v) is 3.81. The fourth-order valence-corrected chi connectivity index (χ4v) is 2.58. The van der Waals surface area contributed by atoms with Crippen molar-refractivity contribution in [2.45, 2.75) is 6.11 Å². The lowest BCUT2D eigenvalue weighted by molar-refractivity contribution is -0.186. The van der Waals surface area contributed by atoms with Gasteiger partial charge in [-0.2, -0.15) is 13.2 Å². The molecule has 3 aromatic carbocycles. The predicted molar refractivity (Wildman–Crippen MR) is 101 cm³/mol. The van der Waals surface area contributed by atoms with Crippen molar-refractivity contribution in [3.05, 3.63) is 78.1 Å². The van der Waals surface area contributed by atoms with Crippen LogP contribution in [0.1, 0.15) is 5.56 Å². The van der Waals surface area contributed by atoms with E-state index < -0.39 is 23.2 Å². The van der Waals surface area contributed by atoms with Gasteiger partial charge in [0.05, 0.1) is 12.7 Å². The number of hydrogen-bond acceptors (Lipinski definition) is 3. The number of methoxy groups -OCH3 is 1. The highest BCUT2D eigenvalue weighted by atomic mass is 35.5. The van der Waals surface area contributed by atoms with Gasteiger partial charge in [-0.05, 0) is 35.9 Å². The molecule has 3 rings (SSSR count). The summed E-state index contributed by atoms with van der Waals surface area (Å²) in [5.74, 6) is -1.79. The minimum absolute atomic E-state index is 0. The van der Waals surface area contributed by atoms with Crippen LogP contribution in [-0.2, 0) is 6.11 Å². The third kappa shape index (κ3) is 4.28. The average Bonchev–Trinajstić information content (AvgIpc) is 2.64. The molecule has 0 spiro atoms. The first-order chi connectivity index (χ1) is 12.4. The molecule has 0 fully saturated rings. The number of hydrogen-bond donors (Lipinski definition) is 1. The quantitative estimate of drug-likeness (QED) is 0.569. The van der Waals surface area contributed by atoms with Crippen molar-refractivity contribution in [2.24, 2.45) is 0 Å². The molecule has 0 aliphatic rings. The summed E-state index contributed by atoms with van der Waals surface area (Å²) in [5.41, 5.74) is 6.34. The Kier molecular flexibility index (Phi) is 6.23. The lowest BCUT2D eigenvalue weighted by atomic mass is 10.0. The van der Waals surface area contributed by atoms with E-state index in [9.17, 15) is 13.2 Å². The van der Waals surface area contributed by atoms with E-state index in [2.05, 4.69) is 4.74 Å². The van der Waals surface area contributed by atoms with Gasteiger partial charge in [-0.15, -0.1) is 12.4 Å². The van der Waals surface area contributed by atoms with Crippen LogP contribution in [0.15, 0.2) is 66.7 Å². The van der Waals surface area contributed by atoms with Crippen LogP contribution in [0.25, 0.3) is 11.1 Å². The highest BCUT2D eigenvalue weighted by Gasteiger charge is 2.36. The van der Waals surface area contributed by atoms with Crippen molar-refractivity contribution in [1.82, 2.24) is 0 Å². The monoisotopic (exact) mass is 395 g/mol. The van der Waals surface area contributed by atoms with Crippen LogP contribution in [0.3, 0.4) is 0 Å². The topological polar surface area (TPSA) is 44.5 Å². The highest BCUT2D eigenvalue weighted by molar-refractivity contribution is 5.85. The Labute approximate surface area is 160 Å². The van der Waals surface area contributed by atoms with Crippen LogP contribution < -0.4 is 15.2 Å². The van der Waals surface area contributed by atoms with E-state index in [-0.39, 0.29) is 23.8 Å². The summed E-state index contributed by atoms with van der Waals surface area (Å²) in [6.45, 7) is 0. The predicted octanol–water partition coefficient (Wildman–Crippen LogP) is 5.63. The van der Waals surface area contributed by atoms with Gasteiger partial charge in [0, 0.05) is 11.3 Å². The van der Waals surface area contributed by atoms with Crippen molar-refractivity contribution in [3.8, 4) is 22.6 Å². The molecular weight excluding hydrogens is 379 g/mol. The van der Waals surface area contributed by atoms with Gasteiger partial charge in [0.1, 0.15) is 0 Å². The number of benzene rings is 3. The Morgan fingerprint density at radius 2 is 1.63 bits per heavy atom. The molecule has 2 N–H and O–H groups in total. The Hall–Kier alpha value is -2.86. The van der Waals surface area contributed by atoms with E-state index >= 15 is 0 Å². The van der Waals surface area contributed by atoms with Crippen LogP contribution in [0.4, 0.5) is 18.9 Å². The largest absolute Gasteiger partial charge is 0.493 e. The molecule has 0 aliphatic carbocycles. The summed E-state index contributed by atoms with van der Waals surface area (Å²) in [7, 11) is 1.27. The van der Waals surface area contributed by atoms with Crippen molar-refractivity contribution in [3.63, 3.8) is 0 Å². The highest BCUT2D eigenvalue weighted by Crippen LogP contribution is 2.40. The Morgan fingerprint density at radius 1 is 0.926 bits per heavy atom. The Bertz CT molecular complexity index is 920. The third-order valence-electron chi connectivity index (χ3n) is 3.81. The zero-order chi connectivity index (χ0) is 18.7. The number of ether oxygens (including phenoxy) is 2. The Morgan fingerprint density at radius 3 is 2.26 bits per heavy atom. The first kappa shape index (κ1) is 20.5. The minimum atomic E-state index is -3.75. The molecule has 0 radical (unpaired) electrons. The van der Waals surface area contributed by atoms with E-state index in [1.54, 1.807) is 24.3 Å². The van der Waals surface area contributed by atoms with Gasteiger partial charge >= 0.3 is 6.11 Å². The number of halogens is 4. The summed E-state index contributed by atoms with van der Waals surface area (Å²) < 4.78 is 53.2. The number of rotatable bonds is 5. The summed E-state index contributed by atoms with van der Waals surface area (Å²) in [6.07, 6.45) is -3.75. The maximum atomic E-state index is 14.7. The number of alkyl halides is 2. The smallest absolute Gasteiger partial charge is 0.426 e. The zero-order valence-corrected chi connectivity index (χ0v) is 15.1. The number of nitrogens with two attached hydrogens (primary N) is 1. The van der Waals surface area contributed by atoms with E-state index in [0.717, 1.165) is 18.2 Å². The molecule has 3 aromatic rings. The molecule has 27 heavy (non-hydrogen) atoms. The van der Waals surface area contributed by atoms with Gasteiger partial charge in [-0.25, -0.2) is 0 Å². The van der Waals surface area contributed by atoms with Crippen molar-refractivity contribution < 1.29 is 22.6 Å². The van der Waals surface area contributed by atoms with Crippen molar-refractivity contribution in [2.75, 3.05) is 12.8 Å². The summed E-state index contributed by atoms with van der Waals surface area (Å²) >= 11 is 0. The number of anilines is 1. The Balaban J connectivity index is 0.00000261. The molecule has 0 bridgehead atoms. The normalized spacial score (nSPS) is 10.8. The van der Waals surface area contributed by atoms with Crippen LogP contribution in [0.2, 0.25) is 0 Å². The fraction of sp³-hybridized carbons (Fsp3) is 0.100. The number of nitrogen functional groups attached to an aromatic ring is 1. The summed E-state index contributed by atoms with van der Waals surface area (Å²) in [6, 6.07) is 16.6. The molecule has 7 heteroatoms. The summed E-state index contributed by atoms with van der Waals surface area (Å²) in [4.78, 5) is 0. The second-order valence-corrected chi connectivity index (χ2v) is 5.57. The molecule has 0 unspecified atom stereocenters. The van der Waals surface area contributed by atoms with Gasteiger partial charge in [0.25, 0.3) is 0 Å². The van der Waals surface area contributed by atoms with Gasteiger partial charge < -0.3 is 15.2 Å². The van der Waals surface area contributed by atoms with Gasteiger partial charge in [0.15, 0.2) is 11.5 Å². The van der Waals surface area contributed by atoms with E-state index in [4.69, 9.17) is 10.5 Å². The summed E-state index contributed by atoms with van der Waals surface area (Å²) in [5, 5.41) is 0. The molecule has 0 aromatic heterocycles. The molecular formula is C20H17ClF3NO2.